The highest BCUT2D eigenvalue weighted by Gasteiger charge is 2.02. The maximum atomic E-state index is 10.7. The van der Waals surface area contributed by atoms with Crippen molar-refractivity contribution >= 4 is 23.3 Å². The van der Waals surface area contributed by atoms with Gasteiger partial charge < -0.3 is 20.8 Å². The van der Waals surface area contributed by atoms with Gasteiger partial charge in [0.1, 0.15) is 0 Å². The molecule has 0 aliphatic heterocycles. The molecule has 0 atom stereocenters. The molecule has 6 heteroatoms. The molecule has 21 heavy (non-hydrogen) atoms. The first-order valence-electron chi connectivity index (χ1n) is 6.21. The van der Waals surface area contributed by atoms with Crippen LogP contribution >= 0.6 is 0 Å². The van der Waals surface area contributed by atoms with E-state index in [2.05, 4.69) is 10.6 Å². The number of aromatic carboxylic acids is 2. The Bertz CT molecular complexity index is 578. The van der Waals surface area contributed by atoms with Crippen LogP contribution in [0.2, 0.25) is 0 Å². The highest BCUT2D eigenvalue weighted by Crippen LogP contribution is 2.11. The SMILES string of the molecule is O=C(O)c1ccc(NCNc2ccc(C(=O)O)cc2)cc1. The maximum absolute atomic E-state index is 10.7. The van der Waals surface area contributed by atoms with Crippen LogP contribution < -0.4 is 10.6 Å². The second-order valence-corrected chi connectivity index (χ2v) is 4.30. The Morgan fingerprint density at radius 3 is 1.33 bits per heavy atom. The lowest BCUT2D eigenvalue weighted by atomic mass is 10.2. The Kier molecular flexibility index (Phi) is 4.40. The van der Waals surface area contributed by atoms with E-state index in [-0.39, 0.29) is 11.1 Å². The summed E-state index contributed by atoms with van der Waals surface area (Å²) >= 11 is 0. The smallest absolute Gasteiger partial charge is 0.335 e. The van der Waals surface area contributed by atoms with Gasteiger partial charge in [0.05, 0.1) is 17.8 Å². The Morgan fingerprint density at radius 2 is 1.05 bits per heavy atom. The molecule has 0 saturated heterocycles. The highest BCUT2D eigenvalue weighted by molar-refractivity contribution is 5.88. The molecular weight excluding hydrogens is 272 g/mol. The van der Waals surface area contributed by atoms with Gasteiger partial charge in [0.2, 0.25) is 0 Å². The van der Waals surface area contributed by atoms with Crippen molar-refractivity contribution in [2.24, 2.45) is 0 Å². The number of hydrogen-bond donors (Lipinski definition) is 4. The van der Waals surface area contributed by atoms with Gasteiger partial charge in [-0.15, -0.1) is 0 Å². The van der Waals surface area contributed by atoms with E-state index < -0.39 is 11.9 Å². The summed E-state index contributed by atoms with van der Waals surface area (Å²) < 4.78 is 0. The van der Waals surface area contributed by atoms with Gasteiger partial charge in [-0.2, -0.15) is 0 Å². The van der Waals surface area contributed by atoms with Crippen molar-refractivity contribution in [3.8, 4) is 0 Å². The number of hydrogen-bond acceptors (Lipinski definition) is 4. The number of nitrogens with one attached hydrogen (secondary N) is 2. The molecule has 0 saturated carbocycles. The Hall–Kier alpha value is -3.02. The van der Waals surface area contributed by atoms with E-state index >= 15 is 0 Å². The third-order valence-corrected chi connectivity index (χ3v) is 2.85. The minimum absolute atomic E-state index is 0.234. The number of benzene rings is 2. The van der Waals surface area contributed by atoms with E-state index in [9.17, 15) is 9.59 Å². The monoisotopic (exact) mass is 286 g/mol. The lowest BCUT2D eigenvalue weighted by molar-refractivity contribution is 0.0686. The molecule has 2 aromatic carbocycles. The van der Waals surface area contributed by atoms with Crippen LogP contribution in [0.15, 0.2) is 48.5 Å². The Morgan fingerprint density at radius 1 is 0.714 bits per heavy atom. The van der Waals surface area contributed by atoms with Crippen LogP contribution in [-0.4, -0.2) is 28.8 Å². The van der Waals surface area contributed by atoms with Crippen LogP contribution in [0.25, 0.3) is 0 Å². The minimum atomic E-state index is -0.960. The van der Waals surface area contributed by atoms with Crippen LogP contribution in [0.1, 0.15) is 20.7 Å². The molecular formula is C15H14N2O4. The predicted octanol–water partition coefficient (Wildman–Crippen LogP) is 2.56. The first kappa shape index (κ1) is 14.4. The number of rotatable bonds is 6. The van der Waals surface area contributed by atoms with Crippen LogP contribution in [0.3, 0.4) is 0 Å². The van der Waals surface area contributed by atoms with Crippen molar-refractivity contribution in [2.75, 3.05) is 17.3 Å². The second kappa shape index (κ2) is 6.42. The summed E-state index contributed by atoms with van der Waals surface area (Å²) in [6, 6.07) is 12.8. The zero-order valence-electron chi connectivity index (χ0n) is 11.0. The van der Waals surface area contributed by atoms with Crippen molar-refractivity contribution in [1.82, 2.24) is 0 Å². The molecule has 0 aliphatic rings. The van der Waals surface area contributed by atoms with Crippen molar-refractivity contribution in [3.05, 3.63) is 59.7 Å². The molecule has 0 radical (unpaired) electrons. The van der Waals surface area contributed by atoms with Crippen LogP contribution in [0, 0.1) is 0 Å². The van der Waals surface area contributed by atoms with E-state index in [0.29, 0.717) is 6.67 Å². The second-order valence-electron chi connectivity index (χ2n) is 4.30. The standard InChI is InChI=1S/C15H14N2O4/c18-14(19)10-1-5-12(6-2-10)16-9-17-13-7-3-11(4-8-13)15(20)21/h1-8,16-17H,9H2,(H,18,19)(H,20,21). The van der Waals surface area contributed by atoms with E-state index in [1.807, 2.05) is 0 Å². The van der Waals surface area contributed by atoms with Crippen molar-refractivity contribution in [1.29, 1.82) is 0 Å². The molecule has 0 spiro atoms. The minimum Gasteiger partial charge on any atom is -0.478 e. The van der Waals surface area contributed by atoms with E-state index in [1.54, 1.807) is 24.3 Å². The van der Waals surface area contributed by atoms with Gasteiger partial charge in [0.25, 0.3) is 0 Å². The number of anilines is 2. The molecule has 2 rings (SSSR count). The van der Waals surface area contributed by atoms with Crippen LogP contribution in [0.5, 0.6) is 0 Å². The summed E-state index contributed by atoms with van der Waals surface area (Å²) in [5.74, 6) is -1.92. The molecule has 0 unspecified atom stereocenters. The van der Waals surface area contributed by atoms with Crippen molar-refractivity contribution < 1.29 is 19.8 Å². The normalized spacial score (nSPS) is 9.90. The summed E-state index contributed by atoms with van der Waals surface area (Å²) in [7, 11) is 0. The van der Waals surface area contributed by atoms with Crippen molar-refractivity contribution in [3.63, 3.8) is 0 Å². The fourth-order valence-corrected chi connectivity index (χ4v) is 1.71. The lowest BCUT2D eigenvalue weighted by Gasteiger charge is -2.09. The van der Waals surface area contributed by atoms with Gasteiger partial charge >= 0.3 is 11.9 Å². The van der Waals surface area contributed by atoms with E-state index in [0.717, 1.165) is 11.4 Å². The average Bonchev–Trinajstić information content (AvgIpc) is 2.48. The summed E-state index contributed by atoms with van der Waals surface area (Å²) in [4.78, 5) is 21.4. The fraction of sp³-hybridized carbons (Fsp3) is 0.0667. The fourth-order valence-electron chi connectivity index (χ4n) is 1.71. The van der Waals surface area contributed by atoms with Gasteiger partial charge in [-0.1, -0.05) is 0 Å². The van der Waals surface area contributed by atoms with Crippen molar-refractivity contribution in [2.45, 2.75) is 0 Å². The first-order chi connectivity index (χ1) is 10.1. The molecule has 0 amide bonds. The summed E-state index contributed by atoms with van der Waals surface area (Å²) in [6.07, 6.45) is 0. The first-order valence-corrected chi connectivity index (χ1v) is 6.21. The zero-order valence-corrected chi connectivity index (χ0v) is 11.0. The zero-order chi connectivity index (χ0) is 15.2. The molecule has 6 nitrogen and oxygen atoms in total. The van der Waals surface area contributed by atoms with Gasteiger partial charge in [-0.25, -0.2) is 9.59 Å². The van der Waals surface area contributed by atoms with Gasteiger partial charge in [0.15, 0.2) is 0 Å². The van der Waals surface area contributed by atoms with E-state index in [1.165, 1.54) is 24.3 Å². The molecule has 0 heterocycles. The van der Waals surface area contributed by atoms with Gasteiger partial charge in [-0.05, 0) is 48.5 Å². The topological polar surface area (TPSA) is 98.7 Å². The molecule has 2 aromatic rings. The third kappa shape index (κ3) is 3.97. The summed E-state index contributed by atoms with van der Waals surface area (Å²) in [5.41, 5.74) is 2.04. The molecule has 108 valence electrons. The molecule has 0 aliphatic carbocycles. The molecule has 0 fully saturated rings. The largest absolute Gasteiger partial charge is 0.478 e. The summed E-state index contributed by atoms with van der Waals surface area (Å²) in [6.45, 7) is 0.429. The number of carboxylic acids is 2. The van der Waals surface area contributed by atoms with Crippen LogP contribution in [-0.2, 0) is 0 Å². The Labute approximate surface area is 121 Å². The predicted molar refractivity (Wildman–Crippen MR) is 78.9 cm³/mol. The molecule has 0 bridgehead atoms. The average molecular weight is 286 g/mol. The quantitative estimate of drug-likeness (QED) is 0.609. The number of carboxylic acid groups (broad SMARTS) is 2. The highest BCUT2D eigenvalue weighted by atomic mass is 16.4. The lowest BCUT2D eigenvalue weighted by Crippen LogP contribution is -2.11. The summed E-state index contributed by atoms with van der Waals surface area (Å²) in [5, 5.41) is 23.7. The van der Waals surface area contributed by atoms with Crippen LogP contribution in [0.4, 0.5) is 11.4 Å². The molecule has 0 aromatic heterocycles. The molecule has 4 N–H and O–H groups in total. The van der Waals surface area contributed by atoms with Gasteiger partial charge in [0, 0.05) is 11.4 Å². The van der Waals surface area contributed by atoms with Gasteiger partial charge in [-0.3, -0.25) is 0 Å². The van der Waals surface area contributed by atoms with E-state index in [4.69, 9.17) is 10.2 Å². The Balaban J connectivity index is 1.86. The maximum Gasteiger partial charge on any atom is 0.335 e. The third-order valence-electron chi connectivity index (χ3n) is 2.85. The number of carbonyl (C=O) groups is 2.